The van der Waals surface area contributed by atoms with Gasteiger partial charge < -0.3 is 14.5 Å². The second-order valence-electron chi connectivity index (χ2n) is 6.86. The van der Waals surface area contributed by atoms with Crippen LogP contribution >= 0.6 is 0 Å². The number of oxime groups is 1. The quantitative estimate of drug-likeness (QED) is 0.602. The maximum absolute atomic E-state index is 13.2. The average molecular weight is 380 g/mol. The Morgan fingerprint density at radius 3 is 2.46 bits per heavy atom. The molecule has 0 aromatic heterocycles. The van der Waals surface area contributed by atoms with Gasteiger partial charge in [-0.2, -0.15) is 0 Å². The van der Waals surface area contributed by atoms with Crippen LogP contribution in [0.2, 0.25) is 0 Å². The van der Waals surface area contributed by atoms with E-state index in [-0.39, 0.29) is 12.5 Å². The van der Waals surface area contributed by atoms with Crippen molar-refractivity contribution in [2.75, 3.05) is 20.8 Å². The molecule has 1 atom stereocenters. The summed E-state index contributed by atoms with van der Waals surface area (Å²) in [6, 6.07) is 13.2. The van der Waals surface area contributed by atoms with Crippen molar-refractivity contribution in [1.82, 2.24) is 4.90 Å². The molecule has 1 fully saturated rings. The Morgan fingerprint density at radius 1 is 1.07 bits per heavy atom. The Hall–Kier alpha value is -3.15. The van der Waals surface area contributed by atoms with Crippen LogP contribution in [0.4, 0.5) is 0 Å². The van der Waals surface area contributed by atoms with Gasteiger partial charge >= 0.3 is 5.97 Å². The largest absolute Gasteiger partial charge is 0.467 e. The fourth-order valence-electron chi connectivity index (χ4n) is 3.58. The van der Waals surface area contributed by atoms with Crippen molar-refractivity contribution in [3.63, 3.8) is 0 Å². The zero-order chi connectivity index (χ0) is 20.3. The third kappa shape index (κ3) is 3.76. The zero-order valence-electron chi connectivity index (χ0n) is 16.6. The van der Waals surface area contributed by atoms with Crippen LogP contribution in [-0.2, 0) is 14.4 Å². The number of hydrogen-bond acceptors (Lipinski definition) is 5. The number of aryl methyl sites for hydroxylation is 2. The molecule has 0 unspecified atom stereocenters. The van der Waals surface area contributed by atoms with E-state index in [4.69, 9.17) is 9.57 Å². The number of carbonyl (C=O) groups is 2. The minimum absolute atomic E-state index is 0.217. The lowest BCUT2D eigenvalue weighted by molar-refractivity contribution is -0.145. The van der Waals surface area contributed by atoms with Crippen molar-refractivity contribution >= 4 is 17.6 Å². The van der Waals surface area contributed by atoms with E-state index in [0.29, 0.717) is 17.7 Å². The molecular weight excluding hydrogens is 356 g/mol. The number of nitrogens with zero attached hydrogens (tertiary/aromatic N) is 2. The van der Waals surface area contributed by atoms with Gasteiger partial charge in [0, 0.05) is 12.0 Å². The Morgan fingerprint density at radius 2 is 1.82 bits per heavy atom. The average Bonchev–Trinajstić information content (AvgIpc) is 3.11. The minimum atomic E-state index is -0.693. The lowest BCUT2D eigenvalue weighted by Crippen LogP contribution is -2.41. The number of esters is 1. The van der Waals surface area contributed by atoms with Crippen LogP contribution in [0, 0.1) is 13.8 Å². The molecule has 6 heteroatoms. The number of ether oxygens (including phenoxy) is 1. The molecule has 3 rings (SSSR count). The van der Waals surface area contributed by atoms with E-state index in [1.54, 1.807) is 0 Å². The van der Waals surface area contributed by atoms with Crippen LogP contribution in [0.15, 0.2) is 47.6 Å². The van der Waals surface area contributed by atoms with Gasteiger partial charge in [-0.05, 0) is 42.2 Å². The fourth-order valence-corrected chi connectivity index (χ4v) is 3.58. The van der Waals surface area contributed by atoms with Crippen LogP contribution in [0.3, 0.4) is 0 Å². The minimum Gasteiger partial charge on any atom is -0.467 e. The maximum atomic E-state index is 13.2. The molecule has 146 valence electrons. The van der Waals surface area contributed by atoms with Gasteiger partial charge in [-0.15, -0.1) is 0 Å². The van der Waals surface area contributed by atoms with Gasteiger partial charge in [0.15, 0.2) is 0 Å². The number of rotatable bonds is 4. The van der Waals surface area contributed by atoms with Crippen LogP contribution in [0.1, 0.15) is 27.9 Å². The summed E-state index contributed by atoms with van der Waals surface area (Å²) in [5.74, 6) is -0.672. The van der Waals surface area contributed by atoms with Crippen molar-refractivity contribution in [3.05, 3.63) is 59.2 Å². The number of benzene rings is 2. The zero-order valence-corrected chi connectivity index (χ0v) is 16.6. The second-order valence-corrected chi connectivity index (χ2v) is 6.86. The van der Waals surface area contributed by atoms with E-state index in [1.165, 1.54) is 24.7 Å². The Balaban J connectivity index is 1.92. The summed E-state index contributed by atoms with van der Waals surface area (Å²) < 4.78 is 4.87. The number of hydrogen-bond donors (Lipinski definition) is 0. The van der Waals surface area contributed by atoms with Crippen LogP contribution in [0.5, 0.6) is 0 Å². The molecule has 2 aromatic rings. The number of carbonyl (C=O) groups excluding carboxylic acids is 2. The SMILES string of the molecule is CO/N=C1/C[C@@H](C(=O)OC)N(C(=O)c2ccc(-c3ccccc3C)cc2C)C1. The molecule has 2 aromatic carbocycles. The number of amides is 1. The van der Waals surface area contributed by atoms with Gasteiger partial charge in [-0.3, -0.25) is 4.79 Å². The maximum Gasteiger partial charge on any atom is 0.329 e. The molecule has 0 spiro atoms. The molecule has 0 saturated carbocycles. The van der Waals surface area contributed by atoms with E-state index in [9.17, 15) is 9.59 Å². The molecule has 0 N–H and O–H groups in total. The van der Waals surface area contributed by atoms with Gasteiger partial charge in [0.05, 0.1) is 19.4 Å². The molecule has 1 heterocycles. The number of likely N-dealkylation sites (tertiary alicyclic amines) is 1. The first-order valence-electron chi connectivity index (χ1n) is 9.10. The van der Waals surface area contributed by atoms with E-state index in [2.05, 4.69) is 24.2 Å². The highest BCUT2D eigenvalue weighted by atomic mass is 16.6. The van der Waals surface area contributed by atoms with Crippen molar-refractivity contribution < 1.29 is 19.2 Å². The predicted octanol–water partition coefficient (Wildman–Crippen LogP) is 3.36. The van der Waals surface area contributed by atoms with Gasteiger partial charge in [0.1, 0.15) is 13.2 Å². The van der Waals surface area contributed by atoms with Gasteiger partial charge in [0.25, 0.3) is 5.91 Å². The molecule has 28 heavy (non-hydrogen) atoms. The highest BCUT2D eigenvalue weighted by Gasteiger charge is 2.39. The molecule has 1 amide bonds. The van der Waals surface area contributed by atoms with Crippen molar-refractivity contribution in [2.24, 2.45) is 5.16 Å². The highest BCUT2D eigenvalue weighted by Crippen LogP contribution is 2.27. The molecule has 1 saturated heterocycles. The van der Waals surface area contributed by atoms with E-state index in [1.807, 2.05) is 37.3 Å². The van der Waals surface area contributed by atoms with Crippen LogP contribution < -0.4 is 0 Å². The van der Waals surface area contributed by atoms with Gasteiger partial charge in [0.2, 0.25) is 0 Å². The summed E-state index contributed by atoms with van der Waals surface area (Å²) in [4.78, 5) is 31.7. The monoisotopic (exact) mass is 380 g/mol. The lowest BCUT2D eigenvalue weighted by atomic mass is 9.96. The van der Waals surface area contributed by atoms with E-state index >= 15 is 0 Å². The number of methoxy groups -OCH3 is 1. The van der Waals surface area contributed by atoms with Crippen molar-refractivity contribution in [2.45, 2.75) is 26.3 Å². The summed E-state index contributed by atoms with van der Waals surface area (Å²) in [5.41, 5.74) is 5.41. The third-order valence-corrected chi connectivity index (χ3v) is 5.03. The molecule has 0 radical (unpaired) electrons. The van der Waals surface area contributed by atoms with E-state index in [0.717, 1.165) is 16.7 Å². The first-order valence-corrected chi connectivity index (χ1v) is 9.10. The lowest BCUT2D eigenvalue weighted by Gasteiger charge is -2.23. The summed E-state index contributed by atoms with van der Waals surface area (Å²) in [5, 5.41) is 3.92. The Bertz CT molecular complexity index is 936. The van der Waals surface area contributed by atoms with E-state index < -0.39 is 12.0 Å². The summed E-state index contributed by atoms with van der Waals surface area (Å²) in [7, 11) is 2.76. The predicted molar refractivity (Wildman–Crippen MR) is 107 cm³/mol. The topological polar surface area (TPSA) is 68.2 Å². The first kappa shape index (κ1) is 19.6. The smallest absolute Gasteiger partial charge is 0.329 e. The molecule has 0 bridgehead atoms. The van der Waals surface area contributed by atoms with Gasteiger partial charge in [-0.1, -0.05) is 41.6 Å². The van der Waals surface area contributed by atoms with Crippen molar-refractivity contribution in [1.29, 1.82) is 0 Å². The molecule has 1 aliphatic rings. The molecule has 1 aliphatic heterocycles. The molecule has 6 nitrogen and oxygen atoms in total. The first-order chi connectivity index (χ1) is 13.5. The second kappa shape index (κ2) is 8.25. The molecule has 0 aliphatic carbocycles. The normalized spacial score (nSPS) is 17.6. The molecular formula is C22H24N2O4. The van der Waals surface area contributed by atoms with Crippen molar-refractivity contribution in [3.8, 4) is 11.1 Å². The fraction of sp³-hybridized carbons (Fsp3) is 0.318. The van der Waals surface area contributed by atoms with Gasteiger partial charge in [-0.25, -0.2) is 4.79 Å². The Kier molecular flexibility index (Phi) is 5.78. The summed E-state index contributed by atoms with van der Waals surface area (Å²) in [6.07, 6.45) is 0.312. The Labute approximate surface area is 164 Å². The summed E-state index contributed by atoms with van der Waals surface area (Å²) >= 11 is 0. The van der Waals surface area contributed by atoms with Crippen LogP contribution in [0.25, 0.3) is 11.1 Å². The highest BCUT2D eigenvalue weighted by molar-refractivity contribution is 6.05. The third-order valence-electron chi connectivity index (χ3n) is 5.03. The van der Waals surface area contributed by atoms with Crippen LogP contribution in [-0.4, -0.2) is 49.3 Å². The standard InChI is InChI=1S/C22H24N2O4/c1-14-7-5-6-8-18(14)16-9-10-19(15(2)11-16)21(25)24-13-17(23-28-4)12-20(24)22(26)27-3/h5-11,20H,12-13H2,1-4H3/b23-17-/t20-/m0/s1. The summed E-state index contributed by atoms with van der Waals surface area (Å²) in [6.45, 7) is 4.21.